The second-order valence-electron chi connectivity index (χ2n) is 4.90. The molecule has 0 amide bonds. The third kappa shape index (κ3) is 4.27. The smallest absolute Gasteiger partial charge is 0.0705 e. The second kappa shape index (κ2) is 7.94. The van der Waals surface area contributed by atoms with E-state index in [1.165, 1.54) is 5.39 Å². The van der Waals surface area contributed by atoms with Crippen LogP contribution in [0.3, 0.4) is 0 Å². The Morgan fingerprint density at radius 2 is 2.10 bits per heavy atom. The summed E-state index contributed by atoms with van der Waals surface area (Å²) in [5.41, 5.74) is 4.99. The van der Waals surface area contributed by atoms with E-state index in [4.69, 9.17) is 10.6 Å². The molecule has 4 heteroatoms. The second-order valence-corrected chi connectivity index (χ2v) is 4.90. The number of hydrazine groups is 1. The van der Waals surface area contributed by atoms with Gasteiger partial charge in [-0.3, -0.25) is 16.3 Å². The van der Waals surface area contributed by atoms with Gasteiger partial charge in [-0.15, -0.1) is 0 Å². The summed E-state index contributed by atoms with van der Waals surface area (Å²) in [6, 6.07) is 12.6. The Bertz CT molecular complexity index is 530. The molecule has 1 aromatic carbocycles. The Hall–Kier alpha value is -1.49. The van der Waals surface area contributed by atoms with E-state index in [-0.39, 0.29) is 6.04 Å². The lowest BCUT2D eigenvalue weighted by Crippen LogP contribution is -2.37. The monoisotopic (exact) mass is 273 g/mol. The van der Waals surface area contributed by atoms with Gasteiger partial charge in [0, 0.05) is 36.8 Å². The number of aromatic nitrogens is 1. The number of rotatable bonds is 8. The molecule has 0 aliphatic heterocycles. The highest BCUT2D eigenvalue weighted by atomic mass is 16.5. The van der Waals surface area contributed by atoms with Crippen molar-refractivity contribution >= 4 is 10.9 Å². The molecule has 1 heterocycles. The number of hydrogen-bond acceptors (Lipinski definition) is 4. The van der Waals surface area contributed by atoms with Crippen LogP contribution in [-0.4, -0.2) is 24.2 Å². The van der Waals surface area contributed by atoms with Crippen molar-refractivity contribution in [3.8, 4) is 0 Å². The van der Waals surface area contributed by atoms with E-state index in [0.29, 0.717) is 0 Å². The van der Waals surface area contributed by atoms with Crippen molar-refractivity contribution in [2.45, 2.75) is 32.2 Å². The quantitative estimate of drug-likeness (QED) is 0.440. The van der Waals surface area contributed by atoms with Crippen LogP contribution in [0.2, 0.25) is 0 Å². The maximum absolute atomic E-state index is 5.63. The molecule has 20 heavy (non-hydrogen) atoms. The van der Waals surface area contributed by atoms with Crippen LogP contribution in [0.25, 0.3) is 10.9 Å². The number of benzene rings is 1. The lowest BCUT2D eigenvalue weighted by Gasteiger charge is -2.15. The number of nitrogens with two attached hydrogens (primary N) is 1. The van der Waals surface area contributed by atoms with Gasteiger partial charge in [-0.05, 0) is 31.9 Å². The molecule has 0 fully saturated rings. The topological polar surface area (TPSA) is 60.2 Å². The van der Waals surface area contributed by atoms with Gasteiger partial charge in [0.2, 0.25) is 0 Å². The lowest BCUT2D eigenvalue weighted by molar-refractivity contribution is 0.140. The molecular formula is C16H23N3O. The van der Waals surface area contributed by atoms with E-state index >= 15 is 0 Å². The Balaban J connectivity index is 1.94. The van der Waals surface area contributed by atoms with Crippen molar-refractivity contribution in [2.75, 3.05) is 13.2 Å². The van der Waals surface area contributed by atoms with Gasteiger partial charge >= 0.3 is 0 Å². The Labute approximate surface area is 120 Å². The summed E-state index contributed by atoms with van der Waals surface area (Å²) in [6.45, 7) is 3.57. The average molecular weight is 273 g/mol. The van der Waals surface area contributed by atoms with Crippen molar-refractivity contribution in [3.63, 3.8) is 0 Å². The minimum Gasteiger partial charge on any atom is -0.382 e. The third-order valence-electron chi connectivity index (χ3n) is 3.39. The third-order valence-corrected chi connectivity index (χ3v) is 3.39. The molecule has 0 aliphatic rings. The van der Waals surface area contributed by atoms with Crippen LogP contribution in [0.15, 0.2) is 36.4 Å². The molecule has 108 valence electrons. The fraction of sp³-hybridized carbons (Fsp3) is 0.438. The van der Waals surface area contributed by atoms with Crippen LogP contribution in [0, 0.1) is 0 Å². The Morgan fingerprint density at radius 1 is 1.25 bits per heavy atom. The first-order valence-corrected chi connectivity index (χ1v) is 7.22. The SMILES string of the molecule is CCOCCCC(Cc1ccc2ccccc2n1)NN. The highest BCUT2D eigenvalue weighted by Gasteiger charge is 2.09. The number of ether oxygens (including phenoxy) is 1. The highest BCUT2D eigenvalue weighted by molar-refractivity contribution is 5.78. The fourth-order valence-corrected chi connectivity index (χ4v) is 2.29. The largest absolute Gasteiger partial charge is 0.382 e. The van der Waals surface area contributed by atoms with Crippen molar-refractivity contribution in [1.82, 2.24) is 10.4 Å². The predicted octanol–water partition coefficient (Wildman–Crippen LogP) is 2.43. The van der Waals surface area contributed by atoms with Crippen molar-refractivity contribution < 1.29 is 4.74 Å². The van der Waals surface area contributed by atoms with Gasteiger partial charge in [0.05, 0.1) is 5.52 Å². The van der Waals surface area contributed by atoms with Crippen LogP contribution in [0.5, 0.6) is 0 Å². The molecule has 1 atom stereocenters. The molecule has 3 N–H and O–H groups in total. The lowest BCUT2D eigenvalue weighted by atomic mass is 10.1. The first-order valence-electron chi connectivity index (χ1n) is 7.22. The van der Waals surface area contributed by atoms with Crippen LogP contribution in [-0.2, 0) is 11.2 Å². The molecule has 1 unspecified atom stereocenters. The molecular weight excluding hydrogens is 250 g/mol. The van der Waals surface area contributed by atoms with Crippen LogP contribution in [0.4, 0.5) is 0 Å². The minimum absolute atomic E-state index is 0.240. The predicted molar refractivity (Wildman–Crippen MR) is 82.3 cm³/mol. The molecule has 0 saturated carbocycles. The summed E-state index contributed by atoms with van der Waals surface area (Å²) < 4.78 is 5.35. The maximum atomic E-state index is 5.63. The number of hydrogen-bond donors (Lipinski definition) is 2. The van der Waals surface area contributed by atoms with E-state index in [1.807, 2.05) is 25.1 Å². The normalized spacial score (nSPS) is 12.7. The van der Waals surface area contributed by atoms with Gasteiger partial charge in [0.25, 0.3) is 0 Å². The van der Waals surface area contributed by atoms with E-state index in [0.717, 1.165) is 43.7 Å². The minimum atomic E-state index is 0.240. The average Bonchev–Trinajstić information content (AvgIpc) is 2.50. The molecule has 0 spiro atoms. The first kappa shape index (κ1) is 14.9. The van der Waals surface area contributed by atoms with E-state index < -0.39 is 0 Å². The van der Waals surface area contributed by atoms with Crippen molar-refractivity contribution in [1.29, 1.82) is 0 Å². The van der Waals surface area contributed by atoms with Gasteiger partial charge in [0.1, 0.15) is 0 Å². The number of nitrogens with one attached hydrogen (secondary N) is 1. The number of pyridine rings is 1. The van der Waals surface area contributed by atoms with Gasteiger partial charge in [-0.2, -0.15) is 0 Å². The summed E-state index contributed by atoms with van der Waals surface area (Å²) in [5, 5.41) is 1.17. The van der Waals surface area contributed by atoms with Gasteiger partial charge in [-0.1, -0.05) is 24.3 Å². The summed E-state index contributed by atoms with van der Waals surface area (Å²) in [6.07, 6.45) is 2.84. The van der Waals surface area contributed by atoms with E-state index in [2.05, 4.69) is 28.6 Å². The van der Waals surface area contributed by atoms with Crippen LogP contribution >= 0.6 is 0 Å². The number of fused-ring (bicyclic) bond motifs is 1. The van der Waals surface area contributed by atoms with E-state index in [9.17, 15) is 0 Å². The summed E-state index contributed by atoms with van der Waals surface area (Å²) in [4.78, 5) is 4.68. The zero-order valence-corrected chi connectivity index (χ0v) is 12.0. The zero-order chi connectivity index (χ0) is 14.2. The summed E-state index contributed by atoms with van der Waals surface area (Å²) in [7, 11) is 0. The van der Waals surface area contributed by atoms with Crippen molar-refractivity contribution in [3.05, 3.63) is 42.1 Å². The van der Waals surface area contributed by atoms with Gasteiger partial charge in [0.15, 0.2) is 0 Å². The van der Waals surface area contributed by atoms with Crippen LogP contribution in [0.1, 0.15) is 25.5 Å². The Kier molecular flexibility index (Phi) is 5.92. The van der Waals surface area contributed by atoms with Gasteiger partial charge < -0.3 is 4.74 Å². The Morgan fingerprint density at radius 3 is 2.90 bits per heavy atom. The molecule has 4 nitrogen and oxygen atoms in total. The van der Waals surface area contributed by atoms with Crippen molar-refractivity contribution in [2.24, 2.45) is 5.84 Å². The highest BCUT2D eigenvalue weighted by Crippen LogP contribution is 2.13. The number of para-hydroxylation sites is 1. The zero-order valence-electron chi connectivity index (χ0n) is 12.0. The maximum Gasteiger partial charge on any atom is 0.0705 e. The summed E-state index contributed by atoms with van der Waals surface area (Å²) >= 11 is 0. The van der Waals surface area contributed by atoms with Crippen LogP contribution < -0.4 is 11.3 Å². The molecule has 2 aromatic rings. The molecule has 0 aliphatic carbocycles. The molecule has 2 rings (SSSR count). The number of nitrogens with zero attached hydrogens (tertiary/aromatic N) is 1. The first-order chi connectivity index (χ1) is 9.83. The fourth-order valence-electron chi connectivity index (χ4n) is 2.29. The van der Waals surface area contributed by atoms with E-state index in [1.54, 1.807) is 0 Å². The van der Waals surface area contributed by atoms with Gasteiger partial charge in [-0.25, -0.2) is 0 Å². The molecule has 0 saturated heterocycles. The molecule has 1 aromatic heterocycles. The standard InChI is InChI=1S/C16H23N3O/c1-2-20-11-5-7-15(19-17)12-14-10-9-13-6-3-4-8-16(13)18-14/h3-4,6,8-10,15,19H,2,5,7,11-12,17H2,1H3. The molecule has 0 bridgehead atoms. The summed E-state index contributed by atoms with van der Waals surface area (Å²) in [5.74, 6) is 5.63. The molecule has 0 radical (unpaired) electrons.